The fourth-order valence-corrected chi connectivity index (χ4v) is 10.9. The second-order valence-electron chi connectivity index (χ2n) is 15.1. The van der Waals surface area contributed by atoms with Crippen molar-refractivity contribution in [3.05, 3.63) is 71.1 Å². The minimum atomic E-state index is -1.12. The van der Waals surface area contributed by atoms with Gasteiger partial charge in [0.25, 0.3) is 5.91 Å². The highest BCUT2D eigenvalue weighted by molar-refractivity contribution is 5.96. The highest BCUT2D eigenvalue weighted by atomic mass is 35.5. The first-order chi connectivity index (χ1) is 24.7. The van der Waals surface area contributed by atoms with E-state index in [0.717, 1.165) is 49.2 Å². The Bertz CT molecular complexity index is 1710. The van der Waals surface area contributed by atoms with Crippen molar-refractivity contribution in [1.82, 2.24) is 15.1 Å². The molecule has 7 aliphatic rings. The monoisotopic (exact) mass is 733 g/mol. The number of nitrogens with one attached hydrogen (secondary N) is 1. The van der Waals surface area contributed by atoms with Crippen molar-refractivity contribution < 1.29 is 29.0 Å². The lowest BCUT2D eigenvalue weighted by molar-refractivity contribution is -0.188. The van der Waals surface area contributed by atoms with Crippen LogP contribution in [0.3, 0.4) is 0 Å². The van der Waals surface area contributed by atoms with E-state index < -0.39 is 34.8 Å². The topological polar surface area (TPSA) is 133 Å². The maximum atomic E-state index is 15.1. The lowest BCUT2D eigenvalue weighted by atomic mass is 9.39. The van der Waals surface area contributed by atoms with Gasteiger partial charge in [-0.2, -0.15) is 10.2 Å². The molecule has 0 radical (unpaired) electrons. The summed E-state index contributed by atoms with van der Waals surface area (Å²) in [4.78, 5) is 47.0. The van der Waals surface area contributed by atoms with E-state index in [0.29, 0.717) is 56.7 Å². The number of halogens is 1. The molecule has 8 rings (SSSR count). The molecule has 4 fully saturated rings. The summed E-state index contributed by atoms with van der Waals surface area (Å²) < 4.78 is 12.1. The fourth-order valence-electron chi connectivity index (χ4n) is 10.9. The molecule has 1 aromatic rings. The molecule has 2 amide bonds. The number of amides is 2. The Morgan fingerprint density at radius 3 is 2.48 bits per heavy atom. The van der Waals surface area contributed by atoms with Crippen molar-refractivity contribution in [2.24, 2.45) is 33.9 Å². The lowest BCUT2D eigenvalue weighted by Crippen LogP contribution is -2.78. The molecular weight excluding hydrogens is 682 g/mol. The van der Waals surface area contributed by atoms with Gasteiger partial charge in [-0.25, -0.2) is 0 Å². The first-order valence-corrected chi connectivity index (χ1v) is 18.7. The third-order valence-corrected chi connectivity index (χ3v) is 12.7. The molecule has 0 spiro atoms. The molecule has 0 saturated heterocycles. The minimum Gasteiger partial charge on any atom is -0.496 e. The van der Waals surface area contributed by atoms with E-state index in [2.05, 4.69) is 46.4 Å². The molecule has 2 N–H and O–H groups in total. The van der Waals surface area contributed by atoms with E-state index in [1.165, 1.54) is 0 Å². The standard InChI is InChI=1S/C40H51N5O6.ClH/c1-5-44(6-2)20-18-33(46)42-36-28-21-25-22-39(36,35-31(50-3)15-10-16-32(35)51-4)24-40(23-25,34(28)38(48)49)45(37(47)29-17-19-41-43-29)30-14-9-12-26-11-7-8-13-27(26)30;/h9-12,14-17,25,27-28,34,36H,5-8,13,18-24H2,1-4H3,(H,42,46)(H,48,49);1H. The third kappa shape index (κ3) is 6.17. The number of nitrogens with zero attached hydrogens (tertiary/aromatic N) is 4. The van der Waals surface area contributed by atoms with Gasteiger partial charge in [0.2, 0.25) is 5.91 Å². The highest BCUT2D eigenvalue weighted by Crippen LogP contribution is 2.69. The molecule has 4 saturated carbocycles. The van der Waals surface area contributed by atoms with Crippen LogP contribution in [0, 0.1) is 23.7 Å². The molecule has 0 aromatic heterocycles. The Morgan fingerprint density at radius 2 is 1.83 bits per heavy atom. The van der Waals surface area contributed by atoms with Crippen molar-refractivity contribution in [1.29, 1.82) is 0 Å². The van der Waals surface area contributed by atoms with Crippen molar-refractivity contribution in [2.45, 2.75) is 82.2 Å². The number of ether oxygens (including phenoxy) is 2. The number of rotatable bonds is 13. The summed E-state index contributed by atoms with van der Waals surface area (Å²) in [6.45, 7) is 6.77. The average Bonchev–Trinajstić information content (AvgIpc) is 3.68. The summed E-state index contributed by atoms with van der Waals surface area (Å²) in [5.41, 5.74) is 1.15. The molecule has 7 atom stereocenters. The van der Waals surface area contributed by atoms with E-state index in [-0.39, 0.29) is 41.8 Å². The summed E-state index contributed by atoms with van der Waals surface area (Å²) >= 11 is 0. The average molecular weight is 734 g/mol. The van der Waals surface area contributed by atoms with Crippen LogP contribution >= 0.6 is 12.4 Å². The number of carboxylic acid groups (broad SMARTS) is 1. The Morgan fingerprint density at radius 1 is 1.08 bits per heavy atom. The number of hydrogen-bond acceptors (Lipinski definition) is 8. The number of allylic oxidation sites excluding steroid dienone is 5. The van der Waals surface area contributed by atoms with Crippen molar-refractivity contribution in [2.75, 3.05) is 40.4 Å². The molecule has 12 heteroatoms. The molecular formula is C40H52ClN5O6. The van der Waals surface area contributed by atoms with Gasteiger partial charge in [0, 0.05) is 41.6 Å². The van der Waals surface area contributed by atoms with Crippen LogP contribution in [0.15, 0.2) is 75.8 Å². The SMILES string of the molecule is CCN(CC)CCC(=O)NC1C2CC3CC1(c1c(OC)cccc1OC)CC(N(C(=O)C1=CCN=N1)C1=CC=CC4=CCCCC41)(C3)C2C(=O)O.Cl. The Hall–Kier alpha value is -3.96. The van der Waals surface area contributed by atoms with Crippen LogP contribution in [-0.4, -0.2) is 84.7 Å². The quantitative estimate of drug-likeness (QED) is 0.246. The summed E-state index contributed by atoms with van der Waals surface area (Å²) in [6.07, 6.45) is 15.4. The number of aliphatic carboxylic acids is 1. The van der Waals surface area contributed by atoms with Gasteiger partial charge in [-0.3, -0.25) is 14.4 Å². The van der Waals surface area contributed by atoms with Crippen LogP contribution in [0.5, 0.6) is 11.5 Å². The first-order valence-electron chi connectivity index (χ1n) is 18.7. The minimum absolute atomic E-state index is 0. The molecule has 1 heterocycles. The van der Waals surface area contributed by atoms with Crippen LogP contribution < -0.4 is 14.8 Å². The number of methoxy groups -OCH3 is 2. The van der Waals surface area contributed by atoms with Crippen molar-refractivity contribution in [3.63, 3.8) is 0 Å². The zero-order chi connectivity index (χ0) is 35.9. The Balaban J connectivity index is 0.00000464. The molecule has 4 bridgehead atoms. The van der Waals surface area contributed by atoms with Gasteiger partial charge in [-0.1, -0.05) is 38.1 Å². The maximum Gasteiger partial charge on any atom is 0.309 e. The van der Waals surface area contributed by atoms with Crippen LogP contribution in [0.2, 0.25) is 0 Å². The molecule has 6 aliphatic carbocycles. The predicted octanol–water partition coefficient (Wildman–Crippen LogP) is 6.21. The molecule has 11 nitrogen and oxygen atoms in total. The zero-order valence-electron chi connectivity index (χ0n) is 30.7. The third-order valence-electron chi connectivity index (χ3n) is 12.7. The Labute approximate surface area is 312 Å². The molecule has 7 unspecified atom stereocenters. The van der Waals surface area contributed by atoms with Crippen molar-refractivity contribution >= 4 is 30.2 Å². The van der Waals surface area contributed by atoms with E-state index in [1.54, 1.807) is 20.3 Å². The number of carboxylic acids is 1. The largest absolute Gasteiger partial charge is 0.496 e. The maximum absolute atomic E-state index is 15.1. The van der Waals surface area contributed by atoms with Crippen LogP contribution in [0.25, 0.3) is 0 Å². The molecule has 52 heavy (non-hydrogen) atoms. The van der Waals surface area contributed by atoms with Crippen molar-refractivity contribution in [3.8, 4) is 11.5 Å². The van der Waals surface area contributed by atoms with E-state index in [1.807, 2.05) is 35.3 Å². The van der Waals surface area contributed by atoms with Gasteiger partial charge in [0.1, 0.15) is 17.2 Å². The predicted molar refractivity (Wildman–Crippen MR) is 199 cm³/mol. The molecule has 280 valence electrons. The fraction of sp³-hybridized carbons (Fsp3) is 0.575. The van der Waals surface area contributed by atoms with Gasteiger partial charge < -0.3 is 29.7 Å². The summed E-state index contributed by atoms with van der Waals surface area (Å²) in [7, 11) is 3.27. The van der Waals surface area contributed by atoms with Gasteiger partial charge >= 0.3 is 5.97 Å². The zero-order valence-corrected chi connectivity index (χ0v) is 31.5. The van der Waals surface area contributed by atoms with Crippen LogP contribution in [-0.2, 0) is 19.8 Å². The van der Waals surface area contributed by atoms with E-state index >= 15 is 4.79 Å². The van der Waals surface area contributed by atoms with Crippen LogP contribution in [0.4, 0.5) is 0 Å². The van der Waals surface area contributed by atoms with Gasteiger partial charge in [-0.15, -0.1) is 12.4 Å². The number of azo groups is 1. The van der Waals surface area contributed by atoms with Crippen LogP contribution in [0.1, 0.15) is 70.8 Å². The van der Waals surface area contributed by atoms with Gasteiger partial charge in [0.15, 0.2) is 0 Å². The Kier molecular flexibility index (Phi) is 11.0. The number of benzene rings is 1. The summed E-state index contributed by atoms with van der Waals surface area (Å²) in [6, 6.07) is 5.19. The normalized spacial score (nSPS) is 30.9. The smallest absolute Gasteiger partial charge is 0.309 e. The number of hydrogen-bond donors (Lipinski definition) is 2. The highest BCUT2D eigenvalue weighted by Gasteiger charge is 2.73. The first kappa shape index (κ1) is 37.8. The van der Waals surface area contributed by atoms with Gasteiger partial charge in [-0.05, 0) is 99.7 Å². The summed E-state index contributed by atoms with van der Waals surface area (Å²) in [5.74, 6) is -1.45. The molecule has 1 aromatic carbocycles. The van der Waals surface area contributed by atoms with E-state index in [4.69, 9.17) is 9.47 Å². The molecule has 1 aliphatic heterocycles. The van der Waals surface area contributed by atoms with E-state index in [9.17, 15) is 14.7 Å². The number of fused-ring (bicyclic) bond motifs is 1. The lowest BCUT2D eigenvalue weighted by Gasteiger charge is -2.70. The number of carbonyl (C=O) groups excluding carboxylic acids is 2. The second-order valence-corrected chi connectivity index (χ2v) is 15.1. The second kappa shape index (κ2) is 15.2. The summed E-state index contributed by atoms with van der Waals surface area (Å²) in [5, 5.41) is 23.2. The number of carbonyl (C=O) groups is 3. The van der Waals surface area contributed by atoms with Gasteiger partial charge in [0.05, 0.1) is 32.2 Å².